The van der Waals surface area contributed by atoms with Crippen molar-refractivity contribution in [3.05, 3.63) is 34.3 Å². The molecule has 0 aromatic heterocycles. The third-order valence-electron chi connectivity index (χ3n) is 3.63. The summed E-state index contributed by atoms with van der Waals surface area (Å²) in [6.07, 6.45) is 6.77. The van der Waals surface area contributed by atoms with E-state index in [2.05, 4.69) is 56.1 Å². The van der Waals surface area contributed by atoms with Crippen molar-refractivity contribution in [3.63, 3.8) is 0 Å². The van der Waals surface area contributed by atoms with Crippen LogP contribution in [-0.4, -0.2) is 18.0 Å². The lowest BCUT2D eigenvalue weighted by Gasteiger charge is -2.16. The molecule has 3 heteroatoms. The van der Waals surface area contributed by atoms with Gasteiger partial charge in [0.2, 0.25) is 0 Å². The highest BCUT2D eigenvalue weighted by molar-refractivity contribution is 9.10. The lowest BCUT2D eigenvalue weighted by Crippen LogP contribution is -2.06. The molecule has 1 aliphatic rings. The molecule has 1 heterocycles. The van der Waals surface area contributed by atoms with Gasteiger partial charge in [0.25, 0.3) is 0 Å². The average Bonchev–Trinajstić information content (AvgIpc) is 2.89. The lowest BCUT2D eigenvalue weighted by atomic mass is 9.94. The van der Waals surface area contributed by atoms with Crippen molar-refractivity contribution in [3.8, 4) is 0 Å². The molecule has 0 saturated carbocycles. The van der Waals surface area contributed by atoms with Gasteiger partial charge in [-0.3, -0.25) is 0 Å². The van der Waals surface area contributed by atoms with Crippen molar-refractivity contribution >= 4 is 31.9 Å². The summed E-state index contributed by atoms with van der Waals surface area (Å²) in [6.45, 7) is 0.971. The van der Waals surface area contributed by atoms with Crippen LogP contribution in [0.4, 0.5) is 0 Å². The van der Waals surface area contributed by atoms with Gasteiger partial charge in [0.05, 0.1) is 6.10 Å². The Bertz CT molecular complexity index is 344. The molecule has 1 saturated heterocycles. The molecule has 0 aliphatic carbocycles. The Labute approximate surface area is 127 Å². The second-order valence-electron chi connectivity index (χ2n) is 4.97. The van der Waals surface area contributed by atoms with Gasteiger partial charge in [-0.2, -0.15) is 0 Å². The average molecular weight is 376 g/mol. The highest BCUT2D eigenvalue weighted by Gasteiger charge is 2.16. The van der Waals surface area contributed by atoms with E-state index in [1.165, 1.54) is 37.7 Å². The zero-order chi connectivity index (χ0) is 12.8. The fourth-order valence-corrected chi connectivity index (χ4v) is 3.49. The van der Waals surface area contributed by atoms with E-state index in [1.807, 2.05) is 0 Å². The molecule has 1 nitrogen and oxygen atoms in total. The quantitative estimate of drug-likeness (QED) is 0.615. The molecule has 18 heavy (non-hydrogen) atoms. The van der Waals surface area contributed by atoms with Crippen LogP contribution in [0.25, 0.3) is 0 Å². The first-order valence-corrected chi connectivity index (χ1v) is 8.64. The van der Waals surface area contributed by atoms with Gasteiger partial charge >= 0.3 is 0 Å². The summed E-state index contributed by atoms with van der Waals surface area (Å²) >= 11 is 7.13. The van der Waals surface area contributed by atoms with Crippen molar-refractivity contribution in [2.75, 3.05) is 11.9 Å². The summed E-state index contributed by atoms with van der Waals surface area (Å²) in [4.78, 5) is 0. The third-order valence-corrected chi connectivity index (χ3v) is 4.94. The largest absolute Gasteiger partial charge is 0.378 e. The summed E-state index contributed by atoms with van der Waals surface area (Å²) in [5.74, 6) is 0.625. The fourth-order valence-electron chi connectivity index (χ4n) is 2.53. The maximum Gasteiger partial charge on any atom is 0.0576 e. The van der Waals surface area contributed by atoms with Gasteiger partial charge in [-0.1, -0.05) is 50.4 Å². The molecule has 2 atom stereocenters. The van der Waals surface area contributed by atoms with Crippen LogP contribution in [-0.2, 0) is 4.74 Å². The molecule has 2 unspecified atom stereocenters. The maximum atomic E-state index is 5.67. The van der Waals surface area contributed by atoms with Gasteiger partial charge in [0.1, 0.15) is 0 Å². The number of alkyl halides is 1. The molecule has 1 fully saturated rings. The molecular formula is C15H20Br2O. The highest BCUT2D eigenvalue weighted by Crippen LogP contribution is 2.27. The van der Waals surface area contributed by atoms with Crippen LogP contribution < -0.4 is 0 Å². The van der Waals surface area contributed by atoms with Crippen molar-refractivity contribution in [2.45, 2.75) is 44.1 Å². The van der Waals surface area contributed by atoms with Crippen LogP contribution >= 0.6 is 31.9 Å². The fraction of sp³-hybridized carbons (Fsp3) is 0.600. The molecule has 0 amide bonds. The van der Waals surface area contributed by atoms with E-state index < -0.39 is 0 Å². The van der Waals surface area contributed by atoms with Crippen LogP contribution in [0.15, 0.2) is 28.7 Å². The molecule has 1 aromatic carbocycles. The Morgan fingerprint density at radius 1 is 1.28 bits per heavy atom. The van der Waals surface area contributed by atoms with Crippen LogP contribution in [0.1, 0.15) is 43.6 Å². The van der Waals surface area contributed by atoms with Crippen molar-refractivity contribution in [1.82, 2.24) is 0 Å². The first-order valence-electron chi connectivity index (χ1n) is 6.72. The van der Waals surface area contributed by atoms with Crippen molar-refractivity contribution in [1.29, 1.82) is 0 Å². The lowest BCUT2D eigenvalue weighted by molar-refractivity contribution is 0.102. The Morgan fingerprint density at radius 2 is 2.06 bits per heavy atom. The van der Waals surface area contributed by atoms with Crippen LogP contribution in [0.2, 0.25) is 0 Å². The van der Waals surface area contributed by atoms with Crippen LogP contribution in [0, 0.1) is 0 Å². The molecule has 0 bridgehead atoms. The molecule has 0 N–H and O–H groups in total. The topological polar surface area (TPSA) is 9.23 Å². The van der Waals surface area contributed by atoms with Crippen molar-refractivity contribution < 1.29 is 4.74 Å². The molecular weight excluding hydrogens is 356 g/mol. The second-order valence-corrected chi connectivity index (χ2v) is 6.53. The third kappa shape index (κ3) is 4.36. The van der Waals surface area contributed by atoms with E-state index in [-0.39, 0.29) is 0 Å². The second kappa shape index (κ2) is 7.66. The Balaban J connectivity index is 1.79. The first-order chi connectivity index (χ1) is 8.79. The molecule has 1 aromatic rings. The van der Waals surface area contributed by atoms with Gasteiger partial charge in [0.15, 0.2) is 0 Å². The van der Waals surface area contributed by atoms with Crippen LogP contribution in [0.5, 0.6) is 0 Å². The minimum Gasteiger partial charge on any atom is -0.378 e. The van der Waals surface area contributed by atoms with Gasteiger partial charge in [-0.25, -0.2) is 0 Å². The number of rotatable bonds is 6. The normalized spacial score (nSPS) is 21.1. The first kappa shape index (κ1) is 14.5. The Hall–Kier alpha value is 0.140. The Kier molecular flexibility index (Phi) is 6.19. The number of benzene rings is 1. The SMILES string of the molecule is BrCC(CCCC1CCCO1)c1ccc(Br)cc1. The zero-order valence-corrected chi connectivity index (χ0v) is 13.8. The number of hydrogen-bond donors (Lipinski definition) is 0. The smallest absolute Gasteiger partial charge is 0.0576 e. The minimum absolute atomic E-state index is 0.533. The highest BCUT2D eigenvalue weighted by atomic mass is 79.9. The Morgan fingerprint density at radius 3 is 2.67 bits per heavy atom. The van der Waals surface area contributed by atoms with E-state index in [0.717, 1.165) is 16.4 Å². The standard InChI is InChI=1S/C15H20Br2O/c16-11-13(12-6-8-14(17)9-7-12)3-1-4-15-5-2-10-18-15/h6-9,13,15H,1-5,10-11H2. The molecule has 0 spiro atoms. The summed E-state index contributed by atoms with van der Waals surface area (Å²) in [7, 11) is 0. The number of hydrogen-bond acceptors (Lipinski definition) is 1. The minimum atomic E-state index is 0.533. The van der Waals surface area contributed by atoms with E-state index in [4.69, 9.17) is 4.74 Å². The molecule has 100 valence electrons. The van der Waals surface area contributed by atoms with Gasteiger partial charge in [-0.05, 0) is 49.3 Å². The van der Waals surface area contributed by atoms with E-state index in [9.17, 15) is 0 Å². The summed E-state index contributed by atoms with van der Waals surface area (Å²) in [5.41, 5.74) is 1.43. The zero-order valence-electron chi connectivity index (χ0n) is 10.6. The monoisotopic (exact) mass is 374 g/mol. The maximum absolute atomic E-state index is 5.67. The number of ether oxygens (including phenoxy) is 1. The van der Waals surface area contributed by atoms with Crippen LogP contribution in [0.3, 0.4) is 0 Å². The van der Waals surface area contributed by atoms with Gasteiger partial charge in [-0.15, -0.1) is 0 Å². The molecule has 2 rings (SSSR count). The van der Waals surface area contributed by atoms with Gasteiger partial charge in [0, 0.05) is 16.4 Å². The van der Waals surface area contributed by atoms with E-state index in [1.54, 1.807) is 0 Å². The molecule has 1 aliphatic heterocycles. The number of halogens is 2. The van der Waals surface area contributed by atoms with Gasteiger partial charge < -0.3 is 4.74 Å². The summed E-state index contributed by atoms with van der Waals surface area (Å²) in [5, 5.41) is 1.04. The predicted molar refractivity (Wildman–Crippen MR) is 83.5 cm³/mol. The van der Waals surface area contributed by atoms with E-state index >= 15 is 0 Å². The molecule has 0 radical (unpaired) electrons. The summed E-state index contributed by atoms with van der Waals surface area (Å²) < 4.78 is 6.82. The predicted octanol–water partition coefficient (Wildman–Crippen LogP) is 5.28. The van der Waals surface area contributed by atoms with E-state index in [0.29, 0.717) is 12.0 Å². The summed E-state index contributed by atoms with van der Waals surface area (Å²) in [6, 6.07) is 8.71. The van der Waals surface area contributed by atoms with Crippen molar-refractivity contribution in [2.24, 2.45) is 0 Å².